The van der Waals surface area contributed by atoms with Crippen molar-refractivity contribution in [3.05, 3.63) is 24.3 Å². The molecule has 88 valence electrons. The minimum atomic E-state index is -0.270. The summed E-state index contributed by atoms with van der Waals surface area (Å²) in [5.74, 6) is 0.505. The van der Waals surface area contributed by atoms with E-state index in [-0.39, 0.29) is 12.5 Å². The Kier molecular flexibility index (Phi) is 4.64. The molecule has 0 bridgehead atoms. The van der Waals surface area contributed by atoms with Crippen molar-refractivity contribution >= 4 is 11.7 Å². The summed E-state index contributed by atoms with van der Waals surface area (Å²) in [4.78, 5) is 13.0. The smallest absolute Gasteiger partial charge is 0.325 e. The standard InChI is InChI=1S/C12H17NO3/c1-4-16-11-8-6-5-7-10(11)13(2)9-12(14)15-3/h5-8H,4,9H2,1-3H3. The SMILES string of the molecule is CCOc1ccccc1N(C)CC(=O)OC. The molecule has 1 rings (SSSR count). The molecule has 16 heavy (non-hydrogen) atoms. The van der Waals surface area contributed by atoms with E-state index in [4.69, 9.17) is 4.74 Å². The Labute approximate surface area is 95.8 Å². The molecule has 0 fully saturated rings. The molecule has 0 radical (unpaired) electrons. The molecular weight excluding hydrogens is 206 g/mol. The van der Waals surface area contributed by atoms with Crippen LogP contribution in [0, 0.1) is 0 Å². The van der Waals surface area contributed by atoms with E-state index in [0.29, 0.717) is 6.61 Å². The number of nitrogens with zero attached hydrogens (tertiary/aromatic N) is 1. The van der Waals surface area contributed by atoms with Crippen molar-refractivity contribution in [2.24, 2.45) is 0 Å². The number of carbonyl (C=O) groups excluding carboxylic acids is 1. The highest BCUT2D eigenvalue weighted by molar-refractivity contribution is 5.76. The number of ether oxygens (including phenoxy) is 2. The third kappa shape index (κ3) is 3.15. The Morgan fingerprint density at radius 3 is 2.69 bits per heavy atom. The number of hydrogen-bond donors (Lipinski definition) is 0. The van der Waals surface area contributed by atoms with Gasteiger partial charge in [0.25, 0.3) is 0 Å². The third-order valence-electron chi connectivity index (χ3n) is 2.17. The average molecular weight is 223 g/mol. The fraction of sp³-hybridized carbons (Fsp3) is 0.417. The fourth-order valence-corrected chi connectivity index (χ4v) is 1.39. The van der Waals surface area contributed by atoms with Gasteiger partial charge in [-0.25, -0.2) is 0 Å². The van der Waals surface area contributed by atoms with E-state index in [9.17, 15) is 4.79 Å². The van der Waals surface area contributed by atoms with Crippen LogP contribution in [0.1, 0.15) is 6.92 Å². The van der Waals surface area contributed by atoms with Gasteiger partial charge in [0.15, 0.2) is 0 Å². The highest BCUT2D eigenvalue weighted by Crippen LogP contribution is 2.26. The molecule has 0 atom stereocenters. The number of carbonyl (C=O) groups is 1. The molecule has 0 amide bonds. The van der Waals surface area contributed by atoms with Crippen LogP contribution in [0.25, 0.3) is 0 Å². The zero-order valence-electron chi connectivity index (χ0n) is 9.90. The van der Waals surface area contributed by atoms with Crippen molar-refractivity contribution in [2.45, 2.75) is 6.92 Å². The molecule has 0 aliphatic heterocycles. The van der Waals surface area contributed by atoms with E-state index < -0.39 is 0 Å². The van der Waals surface area contributed by atoms with Crippen LogP contribution in [-0.2, 0) is 9.53 Å². The zero-order chi connectivity index (χ0) is 12.0. The van der Waals surface area contributed by atoms with Crippen molar-refractivity contribution in [3.8, 4) is 5.75 Å². The number of likely N-dealkylation sites (N-methyl/N-ethyl adjacent to an activating group) is 1. The monoisotopic (exact) mass is 223 g/mol. The maximum Gasteiger partial charge on any atom is 0.325 e. The predicted molar refractivity (Wildman–Crippen MR) is 62.9 cm³/mol. The summed E-state index contributed by atoms with van der Waals surface area (Å²) in [6.07, 6.45) is 0. The first-order valence-electron chi connectivity index (χ1n) is 5.18. The van der Waals surface area contributed by atoms with Gasteiger partial charge in [-0.3, -0.25) is 4.79 Å². The molecule has 0 aliphatic rings. The van der Waals surface area contributed by atoms with Crippen molar-refractivity contribution in [1.82, 2.24) is 0 Å². The van der Waals surface area contributed by atoms with Gasteiger partial charge in [-0.2, -0.15) is 0 Å². The van der Waals surface area contributed by atoms with E-state index in [1.54, 1.807) is 4.90 Å². The van der Waals surface area contributed by atoms with Gasteiger partial charge in [-0.1, -0.05) is 12.1 Å². The van der Waals surface area contributed by atoms with E-state index >= 15 is 0 Å². The molecule has 0 spiro atoms. The lowest BCUT2D eigenvalue weighted by atomic mass is 10.2. The Hall–Kier alpha value is -1.71. The van der Waals surface area contributed by atoms with Crippen molar-refractivity contribution < 1.29 is 14.3 Å². The van der Waals surface area contributed by atoms with Crippen LogP contribution in [0.15, 0.2) is 24.3 Å². The van der Waals surface area contributed by atoms with E-state index in [1.165, 1.54) is 7.11 Å². The zero-order valence-corrected chi connectivity index (χ0v) is 9.90. The van der Waals surface area contributed by atoms with Gasteiger partial charge in [-0.15, -0.1) is 0 Å². The molecule has 0 saturated heterocycles. The molecule has 0 heterocycles. The molecule has 4 nitrogen and oxygen atoms in total. The number of esters is 1. The second-order valence-corrected chi connectivity index (χ2v) is 3.33. The highest BCUT2D eigenvalue weighted by atomic mass is 16.5. The maximum absolute atomic E-state index is 11.2. The van der Waals surface area contributed by atoms with Crippen molar-refractivity contribution in [1.29, 1.82) is 0 Å². The number of anilines is 1. The normalized spacial score (nSPS) is 9.69. The summed E-state index contributed by atoms with van der Waals surface area (Å²) in [7, 11) is 3.21. The first kappa shape index (κ1) is 12.4. The Balaban J connectivity index is 2.81. The molecular formula is C12H17NO3. The van der Waals surface area contributed by atoms with Crippen LogP contribution in [0.2, 0.25) is 0 Å². The van der Waals surface area contributed by atoms with Gasteiger partial charge in [0.05, 0.1) is 19.4 Å². The van der Waals surface area contributed by atoms with Crippen molar-refractivity contribution in [3.63, 3.8) is 0 Å². The van der Waals surface area contributed by atoms with Crippen LogP contribution in [0.4, 0.5) is 5.69 Å². The van der Waals surface area contributed by atoms with Crippen LogP contribution >= 0.6 is 0 Å². The molecule has 0 aromatic heterocycles. The van der Waals surface area contributed by atoms with Gasteiger partial charge in [-0.05, 0) is 19.1 Å². The summed E-state index contributed by atoms with van der Waals surface area (Å²) in [6, 6.07) is 7.60. The van der Waals surface area contributed by atoms with Crippen LogP contribution < -0.4 is 9.64 Å². The number of methoxy groups -OCH3 is 1. The van der Waals surface area contributed by atoms with E-state index in [0.717, 1.165) is 11.4 Å². The molecule has 4 heteroatoms. The van der Waals surface area contributed by atoms with Gasteiger partial charge in [0, 0.05) is 7.05 Å². The van der Waals surface area contributed by atoms with Gasteiger partial charge in [0.2, 0.25) is 0 Å². The lowest BCUT2D eigenvalue weighted by Gasteiger charge is -2.20. The van der Waals surface area contributed by atoms with Gasteiger partial charge in [0.1, 0.15) is 12.3 Å². The third-order valence-corrected chi connectivity index (χ3v) is 2.17. The summed E-state index contributed by atoms with van der Waals surface area (Å²) < 4.78 is 10.1. The topological polar surface area (TPSA) is 38.8 Å². The summed E-state index contributed by atoms with van der Waals surface area (Å²) in [5.41, 5.74) is 0.884. The Morgan fingerprint density at radius 1 is 1.38 bits per heavy atom. The molecule has 0 unspecified atom stereocenters. The minimum Gasteiger partial charge on any atom is -0.492 e. The highest BCUT2D eigenvalue weighted by Gasteiger charge is 2.11. The van der Waals surface area contributed by atoms with E-state index in [2.05, 4.69) is 4.74 Å². The maximum atomic E-state index is 11.2. The molecule has 0 aliphatic carbocycles. The van der Waals surface area contributed by atoms with Crippen LogP contribution in [-0.4, -0.2) is 33.3 Å². The Bertz CT molecular complexity index is 352. The minimum absolute atomic E-state index is 0.209. The summed E-state index contributed by atoms with van der Waals surface area (Å²) in [5, 5.41) is 0. The Morgan fingerprint density at radius 2 is 2.06 bits per heavy atom. The lowest BCUT2D eigenvalue weighted by molar-refractivity contribution is -0.138. The molecule has 1 aromatic carbocycles. The summed E-state index contributed by atoms with van der Waals surface area (Å²) >= 11 is 0. The first-order chi connectivity index (χ1) is 7.69. The van der Waals surface area contributed by atoms with Crippen LogP contribution in [0.5, 0.6) is 5.75 Å². The lowest BCUT2D eigenvalue weighted by Crippen LogP contribution is -2.26. The predicted octanol–water partition coefficient (Wildman–Crippen LogP) is 1.69. The van der Waals surface area contributed by atoms with Gasteiger partial charge >= 0.3 is 5.97 Å². The number of para-hydroxylation sites is 2. The largest absolute Gasteiger partial charge is 0.492 e. The molecule has 0 N–H and O–H groups in total. The molecule has 0 saturated carbocycles. The second-order valence-electron chi connectivity index (χ2n) is 3.33. The fourth-order valence-electron chi connectivity index (χ4n) is 1.39. The quantitative estimate of drug-likeness (QED) is 0.712. The molecule has 1 aromatic rings. The van der Waals surface area contributed by atoms with Gasteiger partial charge < -0.3 is 14.4 Å². The van der Waals surface area contributed by atoms with Crippen LogP contribution in [0.3, 0.4) is 0 Å². The second kappa shape index (κ2) is 6.00. The average Bonchev–Trinajstić information content (AvgIpc) is 2.30. The number of rotatable bonds is 5. The first-order valence-corrected chi connectivity index (χ1v) is 5.18. The summed E-state index contributed by atoms with van der Waals surface area (Å²) in [6.45, 7) is 2.74. The van der Waals surface area contributed by atoms with Crippen molar-refractivity contribution in [2.75, 3.05) is 32.2 Å². The van der Waals surface area contributed by atoms with E-state index in [1.807, 2.05) is 38.2 Å². The number of benzene rings is 1. The number of hydrogen-bond acceptors (Lipinski definition) is 4.